The molecule has 6 nitrogen and oxygen atoms in total. The lowest BCUT2D eigenvalue weighted by molar-refractivity contribution is -0.0509. The van der Waals surface area contributed by atoms with Crippen LogP contribution in [-0.4, -0.2) is 24.8 Å². The molecular weight excluding hydrogens is 440 g/mol. The number of nitrogens with one attached hydrogen (secondary N) is 1. The number of hydrogen-bond donors (Lipinski definition) is 1. The fourth-order valence-corrected chi connectivity index (χ4v) is 3.83. The number of rotatable bonds is 5. The van der Waals surface area contributed by atoms with Gasteiger partial charge in [-0.05, 0) is 68.2 Å². The quantitative estimate of drug-likeness (QED) is 0.420. The Labute approximate surface area is 175 Å². The molecule has 0 atom stereocenters. The van der Waals surface area contributed by atoms with Gasteiger partial charge in [-0.15, -0.1) is 0 Å². The van der Waals surface area contributed by atoms with Crippen molar-refractivity contribution in [1.82, 2.24) is 10.3 Å². The molecule has 1 aromatic carbocycles. The van der Waals surface area contributed by atoms with Gasteiger partial charge in [0.1, 0.15) is 11.6 Å². The summed E-state index contributed by atoms with van der Waals surface area (Å²) in [5, 5.41) is 2.88. The molecule has 1 amide bonds. The number of nitrogens with zero attached hydrogens (tertiary/aromatic N) is 1. The molecular formula is C20H16F4N2O4S. The normalized spacial score (nSPS) is 17.4. The lowest BCUT2D eigenvalue weighted by Gasteiger charge is -2.22. The van der Waals surface area contributed by atoms with Gasteiger partial charge in [0, 0.05) is 11.1 Å². The van der Waals surface area contributed by atoms with Crippen molar-refractivity contribution in [2.24, 2.45) is 0 Å². The van der Waals surface area contributed by atoms with Crippen LogP contribution in [0.2, 0.25) is 0 Å². The zero-order valence-electron chi connectivity index (χ0n) is 15.9. The summed E-state index contributed by atoms with van der Waals surface area (Å²) in [4.78, 5) is 17.0. The molecule has 1 heterocycles. The van der Waals surface area contributed by atoms with Gasteiger partial charge in [0.15, 0.2) is 0 Å². The third-order valence-corrected chi connectivity index (χ3v) is 6.10. The number of carbonyl (C=O) groups excluding carboxylic acids is 1. The minimum Gasteiger partial charge on any atom is -0.376 e. The van der Waals surface area contributed by atoms with E-state index in [0.717, 1.165) is 0 Å². The number of fused-ring (bicyclic) bond motifs is 1. The standard InChI is InChI=1S/C20H16F4N2O4S/c21-13-6-4-12(5-7-13)18(27)26-19(10-11-19)17-9-8-14-15(25-17)2-1-3-16(14)30-31(28,29)20(22,23)24/h3-9H,1-2,10-11H2,(H,26,27). The SMILES string of the molecule is O=C(NC1(c2ccc3c(n2)CCC=C3OS(=O)(=O)C(F)(F)F)CC1)c1ccc(F)cc1. The molecule has 1 aromatic heterocycles. The summed E-state index contributed by atoms with van der Waals surface area (Å²) >= 11 is 0. The van der Waals surface area contributed by atoms with Gasteiger partial charge in [-0.25, -0.2) is 4.39 Å². The van der Waals surface area contributed by atoms with Crippen LogP contribution in [0.4, 0.5) is 17.6 Å². The fourth-order valence-electron chi connectivity index (χ4n) is 3.34. The minimum atomic E-state index is -5.80. The number of carbonyl (C=O) groups is 1. The molecule has 0 spiro atoms. The summed E-state index contributed by atoms with van der Waals surface area (Å²) < 4.78 is 78.1. The maximum absolute atomic E-state index is 13.1. The second-order valence-corrected chi connectivity index (χ2v) is 8.86. The van der Waals surface area contributed by atoms with Crippen molar-refractivity contribution in [2.45, 2.75) is 36.7 Å². The zero-order valence-corrected chi connectivity index (χ0v) is 16.7. The van der Waals surface area contributed by atoms with E-state index in [1.165, 1.54) is 42.5 Å². The van der Waals surface area contributed by atoms with E-state index in [0.29, 0.717) is 30.7 Å². The first-order valence-electron chi connectivity index (χ1n) is 9.31. The highest BCUT2D eigenvalue weighted by atomic mass is 32.2. The van der Waals surface area contributed by atoms with Gasteiger partial charge in [-0.1, -0.05) is 0 Å². The van der Waals surface area contributed by atoms with Gasteiger partial charge in [0.25, 0.3) is 5.91 Å². The second-order valence-electron chi connectivity index (χ2n) is 7.32. The molecule has 1 fully saturated rings. The Morgan fingerprint density at radius 2 is 1.77 bits per heavy atom. The Kier molecular flexibility index (Phi) is 5.03. The molecule has 0 aliphatic heterocycles. The highest BCUT2D eigenvalue weighted by Gasteiger charge is 2.50. The monoisotopic (exact) mass is 456 g/mol. The van der Waals surface area contributed by atoms with Crippen molar-refractivity contribution in [3.63, 3.8) is 0 Å². The molecule has 4 rings (SSSR count). The molecule has 11 heteroatoms. The molecule has 0 radical (unpaired) electrons. The van der Waals surface area contributed by atoms with E-state index in [-0.39, 0.29) is 17.5 Å². The van der Waals surface area contributed by atoms with Crippen LogP contribution in [0.5, 0.6) is 0 Å². The highest BCUT2D eigenvalue weighted by molar-refractivity contribution is 7.87. The summed E-state index contributed by atoms with van der Waals surface area (Å²) in [6.07, 6.45) is 3.11. The zero-order chi connectivity index (χ0) is 22.4. The summed E-state index contributed by atoms with van der Waals surface area (Å²) in [7, 11) is -5.80. The molecule has 0 saturated heterocycles. The molecule has 164 valence electrons. The van der Waals surface area contributed by atoms with Crippen molar-refractivity contribution in [3.05, 3.63) is 70.8 Å². The molecule has 2 aliphatic carbocycles. The van der Waals surface area contributed by atoms with Crippen LogP contribution in [0, 0.1) is 5.82 Å². The Morgan fingerprint density at radius 3 is 2.39 bits per heavy atom. The lowest BCUT2D eigenvalue weighted by Crippen LogP contribution is -2.35. The summed E-state index contributed by atoms with van der Waals surface area (Å²) in [5.41, 5.74) is -4.94. The third kappa shape index (κ3) is 4.14. The smallest absolute Gasteiger partial charge is 0.376 e. The van der Waals surface area contributed by atoms with Gasteiger partial charge >= 0.3 is 15.6 Å². The highest BCUT2D eigenvalue weighted by Crippen LogP contribution is 2.45. The number of amides is 1. The molecule has 1 N–H and O–H groups in total. The van der Waals surface area contributed by atoms with Crippen molar-refractivity contribution in [3.8, 4) is 0 Å². The number of hydrogen-bond acceptors (Lipinski definition) is 5. The van der Waals surface area contributed by atoms with Gasteiger partial charge < -0.3 is 9.50 Å². The predicted molar refractivity (Wildman–Crippen MR) is 101 cm³/mol. The molecule has 2 aromatic rings. The molecule has 0 bridgehead atoms. The maximum Gasteiger partial charge on any atom is 0.534 e. The molecule has 31 heavy (non-hydrogen) atoms. The van der Waals surface area contributed by atoms with Crippen LogP contribution in [0.25, 0.3) is 5.76 Å². The van der Waals surface area contributed by atoms with Crippen LogP contribution in [0.3, 0.4) is 0 Å². The molecule has 0 unspecified atom stereocenters. The van der Waals surface area contributed by atoms with Crippen molar-refractivity contribution < 1.29 is 35.0 Å². The van der Waals surface area contributed by atoms with Gasteiger partial charge in [0.2, 0.25) is 0 Å². The Hall–Kier alpha value is -2.95. The predicted octanol–water partition coefficient (Wildman–Crippen LogP) is 3.79. The van der Waals surface area contributed by atoms with Crippen molar-refractivity contribution in [1.29, 1.82) is 0 Å². The van der Waals surface area contributed by atoms with Crippen LogP contribution in [0.15, 0.2) is 42.5 Å². The van der Waals surface area contributed by atoms with Gasteiger partial charge in [-0.2, -0.15) is 21.6 Å². The van der Waals surface area contributed by atoms with Crippen molar-refractivity contribution in [2.75, 3.05) is 0 Å². The summed E-state index contributed by atoms with van der Waals surface area (Å²) in [6, 6.07) is 8.04. The third-order valence-electron chi connectivity index (χ3n) is 5.13. The van der Waals surface area contributed by atoms with Gasteiger partial charge in [-0.3, -0.25) is 9.78 Å². The first-order valence-corrected chi connectivity index (χ1v) is 10.7. The van der Waals surface area contributed by atoms with Crippen LogP contribution >= 0.6 is 0 Å². The number of alkyl halides is 3. The Bertz CT molecular complexity index is 1170. The second kappa shape index (κ2) is 7.33. The van der Waals surface area contributed by atoms with Crippen LogP contribution in [-0.2, 0) is 26.3 Å². The van der Waals surface area contributed by atoms with E-state index < -0.39 is 38.6 Å². The number of benzene rings is 1. The van der Waals surface area contributed by atoms with E-state index >= 15 is 0 Å². The first-order chi connectivity index (χ1) is 14.5. The number of aromatic nitrogens is 1. The van der Waals surface area contributed by atoms with Gasteiger partial charge in [0.05, 0.1) is 16.9 Å². The summed E-state index contributed by atoms with van der Waals surface area (Å²) in [5.74, 6) is -1.29. The van der Waals surface area contributed by atoms with Crippen molar-refractivity contribution >= 4 is 21.8 Å². The maximum atomic E-state index is 13.1. The van der Waals surface area contributed by atoms with E-state index in [9.17, 15) is 30.8 Å². The average molecular weight is 456 g/mol. The largest absolute Gasteiger partial charge is 0.534 e. The Morgan fingerprint density at radius 1 is 1.10 bits per heavy atom. The molecule has 1 saturated carbocycles. The van der Waals surface area contributed by atoms with Crippen LogP contribution < -0.4 is 5.32 Å². The topological polar surface area (TPSA) is 85.4 Å². The Balaban J connectivity index is 1.57. The lowest BCUT2D eigenvalue weighted by atomic mass is 9.99. The number of pyridine rings is 1. The van der Waals surface area contributed by atoms with Crippen LogP contribution in [0.1, 0.15) is 46.6 Å². The first kappa shape index (κ1) is 21.3. The summed E-state index contributed by atoms with van der Waals surface area (Å²) in [6.45, 7) is 0. The number of aryl methyl sites for hydroxylation is 1. The minimum absolute atomic E-state index is 0.156. The average Bonchev–Trinajstić information content (AvgIpc) is 3.48. The van der Waals surface area contributed by atoms with E-state index in [4.69, 9.17) is 0 Å². The number of halogens is 4. The van der Waals surface area contributed by atoms with E-state index in [2.05, 4.69) is 14.5 Å². The fraction of sp³-hybridized carbons (Fsp3) is 0.300. The van der Waals surface area contributed by atoms with E-state index in [1.54, 1.807) is 0 Å². The molecule has 2 aliphatic rings. The van der Waals surface area contributed by atoms with E-state index in [1.807, 2.05) is 0 Å². The number of allylic oxidation sites excluding steroid dienone is 1.